The van der Waals surface area contributed by atoms with Gasteiger partial charge in [0.2, 0.25) is 0 Å². The Morgan fingerprint density at radius 3 is 2.00 bits per heavy atom. The maximum absolute atomic E-state index is 5.94. The third-order valence-electron chi connectivity index (χ3n) is 3.69. The molecule has 0 spiro atoms. The van der Waals surface area contributed by atoms with Gasteiger partial charge in [0.05, 0.1) is 0 Å². The highest BCUT2D eigenvalue weighted by atomic mass is 35.5. The van der Waals surface area contributed by atoms with Crippen molar-refractivity contribution < 1.29 is 0 Å². The number of anilines is 1. The summed E-state index contributed by atoms with van der Waals surface area (Å²) < 4.78 is 0. The van der Waals surface area contributed by atoms with Gasteiger partial charge in [0.15, 0.2) is 0 Å². The molecule has 88 valence electrons. The Labute approximate surface area is 103 Å². The van der Waals surface area contributed by atoms with Crippen LogP contribution in [-0.4, -0.2) is 12.1 Å². The molecule has 2 rings (SSSR count). The molecule has 1 saturated heterocycles. The van der Waals surface area contributed by atoms with E-state index in [0.717, 1.165) is 5.02 Å². The van der Waals surface area contributed by atoms with E-state index in [1.165, 1.54) is 31.4 Å². The van der Waals surface area contributed by atoms with Gasteiger partial charge in [0.25, 0.3) is 0 Å². The molecule has 0 N–H and O–H groups in total. The van der Waals surface area contributed by atoms with E-state index in [4.69, 9.17) is 11.6 Å². The molecular formula is C14H20ClN. The van der Waals surface area contributed by atoms with E-state index in [1.54, 1.807) is 0 Å². The van der Waals surface area contributed by atoms with Crippen LogP contribution in [-0.2, 0) is 0 Å². The number of hydrogen-bond donors (Lipinski definition) is 0. The second-order valence-electron chi connectivity index (χ2n) is 4.59. The lowest BCUT2D eigenvalue weighted by atomic mass is 10.1. The van der Waals surface area contributed by atoms with Crippen LogP contribution in [0.5, 0.6) is 0 Å². The van der Waals surface area contributed by atoms with E-state index in [0.29, 0.717) is 12.1 Å². The Hall–Kier alpha value is -0.690. The van der Waals surface area contributed by atoms with Crippen molar-refractivity contribution in [3.05, 3.63) is 29.3 Å². The van der Waals surface area contributed by atoms with E-state index in [2.05, 4.69) is 30.9 Å². The average Bonchev–Trinajstić information content (AvgIpc) is 2.73. The molecule has 2 heteroatoms. The normalized spacial score (nSPS) is 25.1. The summed E-state index contributed by atoms with van der Waals surface area (Å²) in [6, 6.07) is 9.72. The Kier molecular flexibility index (Phi) is 3.75. The van der Waals surface area contributed by atoms with Gasteiger partial charge in [-0.15, -0.1) is 0 Å². The van der Waals surface area contributed by atoms with Gasteiger partial charge in [0, 0.05) is 22.8 Å². The summed E-state index contributed by atoms with van der Waals surface area (Å²) in [4.78, 5) is 2.59. The van der Waals surface area contributed by atoms with Crippen molar-refractivity contribution in [1.29, 1.82) is 0 Å². The minimum atomic E-state index is 0.714. The summed E-state index contributed by atoms with van der Waals surface area (Å²) in [6.45, 7) is 4.57. The van der Waals surface area contributed by atoms with Gasteiger partial charge < -0.3 is 4.90 Å². The molecule has 2 unspecified atom stereocenters. The summed E-state index contributed by atoms with van der Waals surface area (Å²) >= 11 is 5.94. The number of hydrogen-bond acceptors (Lipinski definition) is 1. The van der Waals surface area contributed by atoms with Crippen LogP contribution in [0.4, 0.5) is 5.69 Å². The molecule has 1 aromatic rings. The lowest BCUT2D eigenvalue weighted by molar-refractivity contribution is 0.599. The van der Waals surface area contributed by atoms with E-state index >= 15 is 0 Å². The molecule has 1 fully saturated rings. The van der Waals surface area contributed by atoms with Crippen LogP contribution in [0.15, 0.2) is 24.3 Å². The van der Waals surface area contributed by atoms with E-state index in [1.807, 2.05) is 12.1 Å². The Bertz CT molecular complexity index is 321. The lowest BCUT2D eigenvalue weighted by Crippen LogP contribution is -2.35. The molecule has 1 aromatic carbocycles. The van der Waals surface area contributed by atoms with Gasteiger partial charge in [0.1, 0.15) is 0 Å². The van der Waals surface area contributed by atoms with Gasteiger partial charge in [-0.2, -0.15) is 0 Å². The van der Waals surface area contributed by atoms with Crippen molar-refractivity contribution in [1.82, 2.24) is 0 Å². The van der Waals surface area contributed by atoms with Gasteiger partial charge in [-0.05, 0) is 49.9 Å². The molecule has 0 radical (unpaired) electrons. The van der Waals surface area contributed by atoms with Crippen molar-refractivity contribution in [3.63, 3.8) is 0 Å². The van der Waals surface area contributed by atoms with Crippen LogP contribution in [0.3, 0.4) is 0 Å². The number of halogens is 1. The van der Waals surface area contributed by atoms with Crippen molar-refractivity contribution >= 4 is 17.3 Å². The molecule has 2 atom stereocenters. The largest absolute Gasteiger partial charge is 0.366 e. The molecule has 1 nitrogen and oxygen atoms in total. The number of rotatable bonds is 3. The summed E-state index contributed by atoms with van der Waals surface area (Å²) in [6.07, 6.45) is 5.13. The predicted octanol–water partition coefficient (Wildman–Crippen LogP) is 4.50. The molecule has 0 saturated carbocycles. The minimum Gasteiger partial charge on any atom is -0.366 e. The Morgan fingerprint density at radius 2 is 1.56 bits per heavy atom. The van der Waals surface area contributed by atoms with Crippen LogP contribution < -0.4 is 4.90 Å². The molecule has 0 aliphatic carbocycles. The standard InChI is InChI=1S/C14H20ClN/c1-3-12-9-10-13(4-2)16(12)14-7-5-11(15)6-8-14/h5-8,12-13H,3-4,9-10H2,1-2H3. The van der Waals surface area contributed by atoms with Crippen molar-refractivity contribution in [2.75, 3.05) is 4.90 Å². The molecule has 1 aliphatic heterocycles. The second kappa shape index (κ2) is 5.09. The topological polar surface area (TPSA) is 3.24 Å². The Morgan fingerprint density at radius 1 is 1.06 bits per heavy atom. The van der Waals surface area contributed by atoms with Gasteiger partial charge in [-0.3, -0.25) is 0 Å². The lowest BCUT2D eigenvalue weighted by Gasteiger charge is -2.31. The zero-order valence-electron chi connectivity index (χ0n) is 10.1. The quantitative estimate of drug-likeness (QED) is 0.748. The maximum atomic E-state index is 5.94. The molecule has 0 amide bonds. The highest BCUT2D eigenvalue weighted by molar-refractivity contribution is 6.30. The third kappa shape index (κ3) is 2.20. The minimum absolute atomic E-state index is 0.714. The van der Waals surface area contributed by atoms with Crippen LogP contribution >= 0.6 is 11.6 Å². The molecule has 1 heterocycles. The fraction of sp³-hybridized carbons (Fsp3) is 0.571. The SMILES string of the molecule is CCC1CCC(CC)N1c1ccc(Cl)cc1. The van der Waals surface area contributed by atoms with Crippen LogP contribution in [0.25, 0.3) is 0 Å². The summed E-state index contributed by atoms with van der Waals surface area (Å²) in [5, 5.41) is 0.823. The maximum Gasteiger partial charge on any atom is 0.0407 e. The van der Waals surface area contributed by atoms with Gasteiger partial charge in [-0.25, -0.2) is 0 Å². The molecule has 16 heavy (non-hydrogen) atoms. The highest BCUT2D eigenvalue weighted by Gasteiger charge is 2.30. The van der Waals surface area contributed by atoms with Crippen LogP contribution in [0.1, 0.15) is 39.5 Å². The average molecular weight is 238 g/mol. The summed E-state index contributed by atoms with van der Waals surface area (Å²) in [5.41, 5.74) is 1.33. The monoisotopic (exact) mass is 237 g/mol. The first-order valence-corrected chi connectivity index (χ1v) is 6.68. The first kappa shape index (κ1) is 11.8. The number of benzene rings is 1. The van der Waals surface area contributed by atoms with Crippen LogP contribution in [0, 0.1) is 0 Å². The fourth-order valence-electron chi connectivity index (χ4n) is 2.80. The van der Waals surface area contributed by atoms with Crippen LogP contribution in [0.2, 0.25) is 5.02 Å². The molecule has 1 aliphatic rings. The second-order valence-corrected chi connectivity index (χ2v) is 5.02. The smallest absolute Gasteiger partial charge is 0.0407 e. The fourth-order valence-corrected chi connectivity index (χ4v) is 2.92. The van der Waals surface area contributed by atoms with Crippen molar-refractivity contribution in [2.45, 2.75) is 51.6 Å². The predicted molar refractivity (Wildman–Crippen MR) is 71.3 cm³/mol. The molecule has 0 aromatic heterocycles. The van der Waals surface area contributed by atoms with E-state index in [-0.39, 0.29) is 0 Å². The van der Waals surface area contributed by atoms with Gasteiger partial charge in [-0.1, -0.05) is 25.4 Å². The first-order chi connectivity index (χ1) is 7.76. The van der Waals surface area contributed by atoms with Crippen molar-refractivity contribution in [3.8, 4) is 0 Å². The molecule has 0 bridgehead atoms. The zero-order valence-corrected chi connectivity index (χ0v) is 10.9. The first-order valence-electron chi connectivity index (χ1n) is 6.30. The number of nitrogens with zero attached hydrogens (tertiary/aromatic N) is 1. The van der Waals surface area contributed by atoms with Crippen molar-refractivity contribution in [2.24, 2.45) is 0 Å². The zero-order chi connectivity index (χ0) is 11.5. The summed E-state index contributed by atoms with van der Waals surface area (Å²) in [5.74, 6) is 0. The molecular weight excluding hydrogens is 218 g/mol. The summed E-state index contributed by atoms with van der Waals surface area (Å²) in [7, 11) is 0. The highest BCUT2D eigenvalue weighted by Crippen LogP contribution is 2.33. The third-order valence-corrected chi connectivity index (χ3v) is 3.94. The van der Waals surface area contributed by atoms with Gasteiger partial charge >= 0.3 is 0 Å². The Balaban J connectivity index is 2.24. The van der Waals surface area contributed by atoms with E-state index in [9.17, 15) is 0 Å². The van der Waals surface area contributed by atoms with E-state index < -0.39 is 0 Å².